The molecule has 0 spiro atoms. The number of nitrogens with one attached hydrogen (secondary N) is 1. The van der Waals surface area contributed by atoms with Gasteiger partial charge in [-0.1, -0.05) is 0 Å². The first-order chi connectivity index (χ1) is 9.65. The molecule has 1 atom stereocenters. The normalized spacial score (nSPS) is 18.2. The third kappa shape index (κ3) is 3.31. The molecular weight excluding hydrogens is 269 g/mol. The molecule has 0 bridgehead atoms. The molecule has 2 rings (SSSR count). The van der Waals surface area contributed by atoms with E-state index >= 15 is 0 Å². The summed E-state index contributed by atoms with van der Waals surface area (Å²) >= 11 is 0. The number of aliphatic hydroxyl groups is 1. The Morgan fingerprint density at radius 1 is 1.15 bits per heavy atom. The summed E-state index contributed by atoms with van der Waals surface area (Å²) in [4.78, 5) is 1.94. The lowest BCUT2D eigenvalue weighted by Crippen LogP contribution is -2.45. The fraction of sp³-hybridized carbons (Fsp3) is 0.571. The van der Waals surface area contributed by atoms with Crippen LogP contribution >= 0.6 is 0 Å². The van der Waals surface area contributed by atoms with E-state index in [9.17, 15) is 13.2 Å². The zero-order valence-corrected chi connectivity index (χ0v) is 11.2. The van der Waals surface area contributed by atoms with Gasteiger partial charge in [-0.05, 0) is 25.0 Å². The number of aliphatic hydroxyl groups excluding tert-OH is 1. The highest BCUT2D eigenvalue weighted by Crippen LogP contribution is 2.31. The van der Waals surface area contributed by atoms with Crippen LogP contribution in [0.1, 0.15) is 24.4 Å². The quantitative estimate of drug-likeness (QED) is 0.811. The summed E-state index contributed by atoms with van der Waals surface area (Å²) in [5.74, 6) is -2.89. The van der Waals surface area contributed by atoms with E-state index in [1.165, 1.54) is 0 Å². The van der Waals surface area contributed by atoms with Crippen molar-refractivity contribution in [3.63, 3.8) is 0 Å². The van der Waals surface area contributed by atoms with Gasteiger partial charge < -0.3 is 10.4 Å². The van der Waals surface area contributed by atoms with Gasteiger partial charge in [0, 0.05) is 44.4 Å². The molecule has 0 aromatic heterocycles. The van der Waals surface area contributed by atoms with E-state index in [1.54, 1.807) is 0 Å². The van der Waals surface area contributed by atoms with E-state index in [0.717, 1.165) is 25.2 Å². The summed E-state index contributed by atoms with van der Waals surface area (Å²) < 4.78 is 41.3. The Balaban J connectivity index is 2.32. The van der Waals surface area contributed by atoms with Crippen molar-refractivity contribution in [1.29, 1.82) is 0 Å². The molecule has 0 aliphatic carbocycles. The predicted molar refractivity (Wildman–Crippen MR) is 69.8 cm³/mol. The average Bonchev–Trinajstić information content (AvgIpc) is 2.47. The second kappa shape index (κ2) is 7.06. The van der Waals surface area contributed by atoms with E-state index < -0.39 is 23.5 Å². The van der Waals surface area contributed by atoms with Crippen LogP contribution in [-0.4, -0.2) is 42.8 Å². The highest BCUT2D eigenvalue weighted by Gasteiger charge is 2.28. The molecule has 112 valence electrons. The van der Waals surface area contributed by atoms with E-state index in [2.05, 4.69) is 5.32 Å². The van der Waals surface area contributed by atoms with Crippen LogP contribution in [0.15, 0.2) is 12.1 Å². The first kappa shape index (κ1) is 15.3. The largest absolute Gasteiger partial charge is 0.396 e. The van der Waals surface area contributed by atoms with Crippen molar-refractivity contribution in [1.82, 2.24) is 10.2 Å². The van der Waals surface area contributed by atoms with Gasteiger partial charge in [0.15, 0.2) is 11.6 Å². The molecule has 1 saturated heterocycles. The Hall–Kier alpha value is -1.11. The Morgan fingerprint density at radius 3 is 2.45 bits per heavy atom. The first-order valence-electron chi connectivity index (χ1n) is 6.84. The molecule has 0 saturated carbocycles. The van der Waals surface area contributed by atoms with Crippen LogP contribution in [0, 0.1) is 17.5 Å². The van der Waals surface area contributed by atoms with Gasteiger partial charge in [0.05, 0.1) is 0 Å². The summed E-state index contributed by atoms with van der Waals surface area (Å²) in [6, 6.07) is 1.22. The van der Waals surface area contributed by atoms with Crippen LogP contribution in [0.25, 0.3) is 0 Å². The zero-order valence-electron chi connectivity index (χ0n) is 11.2. The summed E-state index contributed by atoms with van der Waals surface area (Å²) in [5, 5.41) is 12.1. The lowest BCUT2D eigenvalue weighted by Gasteiger charge is -2.35. The van der Waals surface area contributed by atoms with Gasteiger partial charge in [-0.3, -0.25) is 4.90 Å². The molecule has 0 unspecified atom stereocenters. The fourth-order valence-electron chi connectivity index (χ4n) is 2.64. The van der Waals surface area contributed by atoms with E-state index in [1.807, 2.05) is 4.90 Å². The number of benzene rings is 1. The molecule has 1 aliphatic heterocycles. The number of halogens is 3. The Labute approximate surface area is 116 Å². The van der Waals surface area contributed by atoms with Crippen LogP contribution in [0.5, 0.6) is 0 Å². The molecule has 1 heterocycles. The maximum Gasteiger partial charge on any atom is 0.166 e. The second-order valence-electron chi connectivity index (χ2n) is 4.92. The number of nitrogens with zero attached hydrogens (tertiary/aromatic N) is 1. The molecule has 1 aliphatic rings. The van der Waals surface area contributed by atoms with E-state index in [4.69, 9.17) is 5.11 Å². The monoisotopic (exact) mass is 288 g/mol. The summed E-state index contributed by atoms with van der Waals surface area (Å²) in [6.07, 6.45) is 0.817. The minimum Gasteiger partial charge on any atom is -0.396 e. The Bertz CT molecular complexity index is 450. The van der Waals surface area contributed by atoms with Crippen molar-refractivity contribution in [3.8, 4) is 0 Å². The average molecular weight is 288 g/mol. The molecule has 2 N–H and O–H groups in total. The highest BCUT2D eigenvalue weighted by molar-refractivity contribution is 5.25. The lowest BCUT2D eigenvalue weighted by molar-refractivity contribution is 0.147. The molecule has 0 amide bonds. The predicted octanol–water partition coefficient (Wildman–Crippen LogP) is 1.82. The van der Waals surface area contributed by atoms with Gasteiger partial charge in [-0.25, -0.2) is 13.2 Å². The maximum atomic E-state index is 14.0. The highest BCUT2D eigenvalue weighted by atomic mass is 19.2. The van der Waals surface area contributed by atoms with Crippen molar-refractivity contribution < 1.29 is 18.3 Å². The molecule has 3 nitrogen and oxygen atoms in total. The minimum absolute atomic E-state index is 0.0544. The topological polar surface area (TPSA) is 35.5 Å². The number of rotatable bonds is 5. The van der Waals surface area contributed by atoms with Crippen molar-refractivity contribution >= 4 is 0 Å². The van der Waals surface area contributed by atoms with Gasteiger partial charge in [0.25, 0.3) is 0 Å². The van der Waals surface area contributed by atoms with E-state index in [0.29, 0.717) is 25.9 Å². The smallest absolute Gasteiger partial charge is 0.166 e. The van der Waals surface area contributed by atoms with Gasteiger partial charge in [0.2, 0.25) is 0 Å². The standard InChI is InChI=1S/C14H19F3N2O/c15-10-3-4-11(16)14(17)13(10)12(2-1-9-20)19-7-5-18-6-8-19/h3-4,12,18,20H,1-2,5-9H2/t12-/m1/s1. The van der Waals surface area contributed by atoms with Crippen LogP contribution in [0.4, 0.5) is 13.2 Å². The fourth-order valence-corrected chi connectivity index (χ4v) is 2.64. The van der Waals surface area contributed by atoms with Gasteiger partial charge in [-0.15, -0.1) is 0 Å². The van der Waals surface area contributed by atoms with E-state index in [-0.39, 0.29) is 12.2 Å². The molecule has 6 heteroatoms. The second-order valence-corrected chi connectivity index (χ2v) is 4.92. The minimum atomic E-state index is -1.12. The molecule has 20 heavy (non-hydrogen) atoms. The molecule has 1 fully saturated rings. The number of hydrogen-bond acceptors (Lipinski definition) is 3. The summed E-state index contributed by atoms with van der Waals surface area (Å²) in [6.45, 7) is 2.69. The van der Waals surface area contributed by atoms with Gasteiger partial charge >= 0.3 is 0 Å². The van der Waals surface area contributed by atoms with Crippen molar-refractivity contribution in [2.75, 3.05) is 32.8 Å². The van der Waals surface area contributed by atoms with Crippen LogP contribution < -0.4 is 5.32 Å². The van der Waals surface area contributed by atoms with Crippen LogP contribution in [-0.2, 0) is 0 Å². The van der Waals surface area contributed by atoms with Crippen LogP contribution in [0.3, 0.4) is 0 Å². The first-order valence-corrected chi connectivity index (χ1v) is 6.84. The molecule has 0 radical (unpaired) electrons. The molecular formula is C14H19F3N2O. The molecule has 1 aromatic carbocycles. The van der Waals surface area contributed by atoms with Crippen molar-refractivity contribution in [2.45, 2.75) is 18.9 Å². The van der Waals surface area contributed by atoms with Crippen LogP contribution in [0.2, 0.25) is 0 Å². The number of piperazine rings is 1. The van der Waals surface area contributed by atoms with Crippen molar-refractivity contribution in [2.24, 2.45) is 0 Å². The lowest BCUT2D eigenvalue weighted by atomic mass is 9.98. The Morgan fingerprint density at radius 2 is 1.80 bits per heavy atom. The zero-order chi connectivity index (χ0) is 14.5. The van der Waals surface area contributed by atoms with Gasteiger partial charge in [-0.2, -0.15) is 0 Å². The Kier molecular flexibility index (Phi) is 5.39. The number of hydrogen-bond donors (Lipinski definition) is 2. The SMILES string of the molecule is OCCC[C@H](c1c(F)ccc(F)c1F)N1CCNCC1. The maximum absolute atomic E-state index is 14.0. The summed E-state index contributed by atoms with van der Waals surface area (Å²) in [7, 11) is 0. The molecule has 1 aromatic rings. The summed E-state index contributed by atoms with van der Waals surface area (Å²) in [5.41, 5.74) is -0.222. The van der Waals surface area contributed by atoms with Gasteiger partial charge in [0.1, 0.15) is 5.82 Å². The third-order valence-corrected chi connectivity index (χ3v) is 3.64. The third-order valence-electron chi connectivity index (χ3n) is 3.64. The van der Waals surface area contributed by atoms with Crippen molar-refractivity contribution in [3.05, 3.63) is 35.1 Å².